The van der Waals surface area contributed by atoms with Gasteiger partial charge in [-0.05, 0) is 0 Å². The number of aliphatic hydroxyl groups excluding tert-OH is 3. The highest BCUT2D eigenvalue weighted by Crippen LogP contribution is 2.38. The molecule has 16 heteroatoms. The third kappa shape index (κ3) is 9.96. The summed E-state index contributed by atoms with van der Waals surface area (Å²) in [4.78, 5) is 44.7. The van der Waals surface area contributed by atoms with Crippen LogP contribution in [0.3, 0.4) is 0 Å². The molecule has 35 heavy (non-hydrogen) atoms. The van der Waals surface area contributed by atoms with Crippen LogP contribution in [0, 0.1) is 5.92 Å². The minimum Gasteiger partial charge on any atom is -0.477 e. The summed E-state index contributed by atoms with van der Waals surface area (Å²) in [7, 11) is -1.91. The first-order chi connectivity index (χ1) is 16.3. The van der Waals surface area contributed by atoms with E-state index in [0.29, 0.717) is 12.4 Å². The minimum atomic E-state index is -3.50. The standard InChI is InChI=1S/C19H33N2O12PS/c1-10(9-35-5-4-31-3)13(24)7-20-8-14(25)16(26)17-15(21-11(2)22)12(23)6-19(32-17,18(27)28)33-34(29)30/h10,12,14-17,20,23,25-26H,4-9H2,1-3H3,(H2-,21,22,27,28,29,30)/p+1. The van der Waals surface area contributed by atoms with E-state index in [1.807, 2.05) is 0 Å². The van der Waals surface area contributed by atoms with Gasteiger partial charge in [0.1, 0.15) is 18.0 Å². The molecular weight excluding hydrogens is 511 g/mol. The first kappa shape index (κ1) is 31.8. The fourth-order valence-electron chi connectivity index (χ4n) is 3.37. The lowest BCUT2D eigenvalue weighted by molar-refractivity contribution is -0.283. The molecule has 8 atom stereocenters. The lowest BCUT2D eigenvalue weighted by Gasteiger charge is -2.44. The van der Waals surface area contributed by atoms with Gasteiger partial charge in [0.25, 0.3) is 0 Å². The van der Waals surface area contributed by atoms with Crippen LogP contribution < -0.4 is 10.6 Å². The van der Waals surface area contributed by atoms with E-state index in [1.165, 1.54) is 0 Å². The molecule has 8 unspecified atom stereocenters. The maximum absolute atomic E-state index is 12.2. The number of hydrogen-bond acceptors (Lipinski definition) is 12. The number of rotatable bonds is 16. The minimum absolute atomic E-state index is 0.119. The second-order valence-electron chi connectivity index (χ2n) is 8.09. The van der Waals surface area contributed by atoms with Crippen molar-refractivity contribution in [2.24, 2.45) is 5.92 Å². The summed E-state index contributed by atoms with van der Waals surface area (Å²) in [6.07, 6.45) is -7.82. The van der Waals surface area contributed by atoms with Gasteiger partial charge in [-0.2, -0.15) is 11.8 Å². The molecule has 1 aliphatic rings. The van der Waals surface area contributed by atoms with Crippen molar-refractivity contribution in [3.63, 3.8) is 0 Å². The summed E-state index contributed by atoms with van der Waals surface area (Å²) in [6.45, 7) is 2.98. The largest absolute Gasteiger partial charge is 0.698 e. The van der Waals surface area contributed by atoms with Gasteiger partial charge in [0, 0.05) is 49.0 Å². The van der Waals surface area contributed by atoms with Gasteiger partial charge >= 0.3 is 20.0 Å². The molecule has 0 aromatic rings. The molecule has 1 aliphatic heterocycles. The van der Waals surface area contributed by atoms with E-state index < -0.39 is 62.8 Å². The molecule has 0 bridgehead atoms. The monoisotopic (exact) mass is 545 g/mol. The zero-order valence-electron chi connectivity index (χ0n) is 19.7. The normalized spacial score (nSPS) is 27.5. The zero-order valence-corrected chi connectivity index (χ0v) is 21.4. The average Bonchev–Trinajstić information content (AvgIpc) is 2.76. The van der Waals surface area contributed by atoms with E-state index in [9.17, 15) is 39.4 Å². The maximum atomic E-state index is 12.2. The van der Waals surface area contributed by atoms with Gasteiger partial charge in [-0.1, -0.05) is 11.4 Å². The number of ketones is 1. The van der Waals surface area contributed by atoms with Crippen LogP contribution in [-0.4, -0.2) is 118 Å². The molecular formula is C19H34N2O12PS+. The molecule has 1 rings (SSSR count). The van der Waals surface area contributed by atoms with Crippen LogP contribution in [0.25, 0.3) is 0 Å². The van der Waals surface area contributed by atoms with Gasteiger partial charge in [-0.15, -0.1) is 4.89 Å². The van der Waals surface area contributed by atoms with E-state index >= 15 is 0 Å². The third-order valence-corrected chi connectivity index (χ3v) is 6.87. The molecule has 0 radical (unpaired) electrons. The molecule has 1 amide bonds. The number of aliphatic hydroxyl groups is 3. The van der Waals surface area contributed by atoms with Crippen molar-refractivity contribution in [1.29, 1.82) is 0 Å². The first-order valence-corrected chi connectivity index (χ1v) is 13.0. The SMILES string of the molecule is COCCSCC(C)C(=O)CNCC(O)C(O)C1OC(O[P+](=O)O)(C(=O)O)CC(O)C1NC(C)=O. The molecule has 0 saturated carbocycles. The average molecular weight is 546 g/mol. The predicted molar refractivity (Wildman–Crippen MR) is 123 cm³/mol. The smallest absolute Gasteiger partial charge is 0.477 e. The fraction of sp³-hybridized carbons (Fsp3) is 0.842. The number of hydrogen-bond donors (Lipinski definition) is 7. The number of amides is 1. The summed E-state index contributed by atoms with van der Waals surface area (Å²) in [5.41, 5.74) is 0. The van der Waals surface area contributed by atoms with Crippen molar-refractivity contribution >= 4 is 37.7 Å². The van der Waals surface area contributed by atoms with Crippen LogP contribution in [-0.2, 0) is 32.9 Å². The topological polar surface area (TPSA) is 221 Å². The molecule has 1 heterocycles. The van der Waals surface area contributed by atoms with Gasteiger partial charge in [0.2, 0.25) is 5.91 Å². The lowest BCUT2D eigenvalue weighted by Crippen LogP contribution is -2.67. The number of carbonyl (C=O) groups is 3. The van der Waals surface area contributed by atoms with Crippen LogP contribution >= 0.6 is 20.0 Å². The van der Waals surface area contributed by atoms with Gasteiger partial charge in [-0.3, -0.25) is 9.59 Å². The predicted octanol–water partition coefficient (Wildman–Crippen LogP) is -2.02. The summed E-state index contributed by atoms with van der Waals surface area (Å²) >= 11 is 1.55. The molecule has 0 spiro atoms. The van der Waals surface area contributed by atoms with Crippen molar-refractivity contribution in [1.82, 2.24) is 10.6 Å². The summed E-state index contributed by atoms with van der Waals surface area (Å²) < 4.78 is 25.9. The van der Waals surface area contributed by atoms with Crippen molar-refractivity contribution < 1.29 is 58.3 Å². The van der Waals surface area contributed by atoms with Crippen molar-refractivity contribution in [3.05, 3.63) is 0 Å². The Kier molecular flexibility index (Phi) is 13.7. The first-order valence-electron chi connectivity index (χ1n) is 10.7. The Labute approximate surface area is 207 Å². The van der Waals surface area contributed by atoms with E-state index in [4.69, 9.17) is 14.4 Å². The number of Topliss-reactive ketones (excluding diaryl/α,β-unsaturated/α-hetero) is 1. The summed E-state index contributed by atoms with van der Waals surface area (Å²) in [5.74, 6) is -4.43. The molecule has 7 N–H and O–H groups in total. The quantitative estimate of drug-likeness (QED) is 0.0822. The number of nitrogens with one attached hydrogen (secondary N) is 2. The van der Waals surface area contributed by atoms with Crippen molar-refractivity contribution in [2.75, 3.05) is 38.3 Å². The van der Waals surface area contributed by atoms with E-state index in [1.54, 1.807) is 25.8 Å². The van der Waals surface area contributed by atoms with E-state index in [0.717, 1.165) is 12.7 Å². The third-order valence-electron chi connectivity index (χ3n) is 5.23. The van der Waals surface area contributed by atoms with E-state index in [-0.39, 0.29) is 24.8 Å². The highest BCUT2D eigenvalue weighted by atomic mass is 32.2. The maximum Gasteiger partial charge on any atom is 0.698 e. The second kappa shape index (κ2) is 15.1. The molecule has 1 saturated heterocycles. The molecule has 14 nitrogen and oxygen atoms in total. The number of aliphatic carboxylic acids is 1. The van der Waals surface area contributed by atoms with Crippen LogP contribution in [0.4, 0.5) is 0 Å². The Hall–Kier alpha value is -1.26. The van der Waals surface area contributed by atoms with Crippen molar-refractivity contribution in [3.8, 4) is 0 Å². The van der Waals surface area contributed by atoms with Crippen LogP contribution in [0.2, 0.25) is 0 Å². The number of ether oxygens (including phenoxy) is 2. The van der Waals surface area contributed by atoms with Gasteiger partial charge in [0.15, 0.2) is 0 Å². The second-order valence-corrected chi connectivity index (χ2v) is 9.90. The van der Waals surface area contributed by atoms with E-state index in [2.05, 4.69) is 15.2 Å². The van der Waals surface area contributed by atoms with Crippen molar-refractivity contribution in [2.45, 2.75) is 56.5 Å². The summed E-state index contributed by atoms with van der Waals surface area (Å²) in [6, 6.07) is -1.38. The number of methoxy groups -OCH3 is 1. The molecule has 0 aliphatic carbocycles. The van der Waals surface area contributed by atoms with Crippen LogP contribution in [0.1, 0.15) is 20.3 Å². The molecule has 0 aromatic heterocycles. The van der Waals surface area contributed by atoms with Crippen LogP contribution in [0.15, 0.2) is 0 Å². The Morgan fingerprint density at radius 2 is 1.97 bits per heavy atom. The highest BCUT2D eigenvalue weighted by Gasteiger charge is 2.60. The van der Waals surface area contributed by atoms with Gasteiger partial charge < -0.3 is 40.5 Å². The Balaban J connectivity index is 2.84. The number of carboxylic acid groups (broad SMARTS) is 1. The van der Waals surface area contributed by atoms with Crippen LogP contribution in [0.5, 0.6) is 0 Å². The Morgan fingerprint density at radius 1 is 1.31 bits per heavy atom. The van der Waals surface area contributed by atoms with Gasteiger partial charge in [0.05, 0.1) is 31.4 Å². The number of thioether (sulfide) groups is 1. The molecule has 202 valence electrons. The molecule has 1 fully saturated rings. The van der Waals surface area contributed by atoms with Gasteiger partial charge in [-0.25, -0.2) is 4.79 Å². The lowest BCUT2D eigenvalue weighted by atomic mass is 9.88. The Bertz CT molecular complexity index is 747. The Morgan fingerprint density at radius 3 is 2.51 bits per heavy atom. The molecule has 0 aromatic carbocycles. The summed E-state index contributed by atoms with van der Waals surface area (Å²) in [5, 5.41) is 46.1. The number of carbonyl (C=O) groups excluding carboxylic acids is 2. The number of carboxylic acids is 1. The zero-order chi connectivity index (χ0) is 26.8. The highest BCUT2D eigenvalue weighted by molar-refractivity contribution is 7.99. The fourth-order valence-corrected chi connectivity index (χ4v) is 4.81.